The first-order valence-electron chi connectivity index (χ1n) is 7.63. The van der Waals surface area contributed by atoms with Crippen LogP contribution in [-0.4, -0.2) is 54.8 Å². The highest BCUT2D eigenvalue weighted by atomic mass is 32.2. The second-order valence-electron chi connectivity index (χ2n) is 5.40. The lowest BCUT2D eigenvalue weighted by atomic mass is 10.2. The zero-order valence-corrected chi connectivity index (χ0v) is 13.5. The molecule has 0 aliphatic carbocycles. The third kappa shape index (κ3) is 2.98. The van der Waals surface area contributed by atoms with Crippen molar-refractivity contribution in [2.75, 3.05) is 37.7 Å². The van der Waals surface area contributed by atoms with E-state index in [4.69, 9.17) is 4.74 Å². The number of ether oxygens (including phenoxy) is 1. The molecule has 22 heavy (non-hydrogen) atoms. The van der Waals surface area contributed by atoms with Crippen molar-refractivity contribution in [1.29, 1.82) is 0 Å². The van der Waals surface area contributed by atoms with E-state index in [9.17, 15) is 9.59 Å². The third-order valence-electron chi connectivity index (χ3n) is 3.99. The number of carbonyl (C=O) groups is 2. The van der Waals surface area contributed by atoms with Crippen LogP contribution in [0.3, 0.4) is 0 Å². The molecule has 1 aromatic rings. The van der Waals surface area contributed by atoms with Gasteiger partial charge in [-0.1, -0.05) is 19.1 Å². The summed E-state index contributed by atoms with van der Waals surface area (Å²) in [6.45, 7) is 4.48. The van der Waals surface area contributed by atoms with Crippen molar-refractivity contribution in [3.05, 3.63) is 24.3 Å². The maximum absolute atomic E-state index is 12.6. The molecule has 2 heterocycles. The van der Waals surface area contributed by atoms with Gasteiger partial charge in [0, 0.05) is 18.0 Å². The number of rotatable bonds is 3. The van der Waals surface area contributed by atoms with Gasteiger partial charge in [-0.2, -0.15) is 0 Å². The van der Waals surface area contributed by atoms with Crippen molar-refractivity contribution < 1.29 is 14.3 Å². The molecule has 1 atom stereocenters. The molecule has 0 saturated carbocycles. The van der Waals surface area contributed by atoms with Gasteiger partial charge < -0.3 is 14.5 Å². The van der Waals surface area contributed by atoms with Crippen LogP contribution in [-0.2, 0) is 14.3 Å². The number of nitrogens with zero attached hydrogens (tertiary/aromatic N) is 2. The van der Waals surface area contributed by atoms with Gasteiger partial charge in [-0.05, 0) is 18.6 Å². The number of hydrogen-bond acceptors (Lipinski definition) is 4. The number of morpholine rings is 1. The molecule has 1 aromatic carbocycles. The van der Waals surface area contributed by atoms with Crippen molar-refractivity contribution in [1.82, 2.24) is 4.90 Å². The van der Waals surface area contributed by atoms with Crippen molar-refractivity contribution in [2.45, 2.75) is 23.5 Å². The summed E-state index contributed by atoms with van der Waals surface area (Å²) in [5, 5.41) is -0.104. The first-order chi connectivity index (χ1) is 10.7. The second-order valence-corrected chi connectivity index (χ2v) is 6.64. The minimum atomic E-state index is -0.104. The molecular formula is C16H20N2O3S. The molecule has 0 aromatic heterocycles. The topological polar surface area (TPSA) is 49.9 Å². The van der Waals surface area contributed by atoms with Gasteiger partial charge in [0.05, 0.1) is 24.2 Å². The normalized spacial score (nSPS) is 21.7. The van der Waals surface area contributed by atoms with Gasteiger partial charge >= 0.3 is 0 Å². The number of para-hydroxylation sites is 1. The van der Waals surface area contributed by atoms with Crippen LogP contribution in [0.1, 0.15) is 13.3 Å². The second kappa shape index (κ2) is 6.71. The van der Waals surface area contributed by atoms with E-state index in [1.165, 1.54) is 0 Å². The monoisotopic (exact) mass is 320 g/mol. The quantitative estimate of drug-likeness (QED) is 0.851. The minimum absolute atomic E-state index is 0.00629. The van der Waals surface area contributed by atoms with E-state index in [1.807, 2.05) is 31.2 Å². The lowest BCUT2D eigenvalue weighted by Gasteiger charge is -2.35. The Morgan fingerprint density at radius 1 is 1.32 bits per heavy atom. The standard InChI is InChI=1S/C16H20N2O3S/c1-2-13-16(20)18(12-5-3-4-6-14(12)22-13)11-15(19)17-7-9-21-10-8-17/h3-6,13H,2,7-11H2,1H3. The summed E-state index contributed by atoms with van der Waals surface area (Å²) in [5.41, 5.74) is 0.851. The Morgan fingerprint density at radius 2 is 2.05 bits per heavy atom. The smallest absolute Gasteiger partial charge is 0.242 e. The van der Waals surface area contributed by atoms with Crippen LogP contribution in [0.2, 0.25) is 0 Å². The highest BCUT2D eigenvalue weighted by Gasteiger charge is 2.34. The molecule has 5 nitrogen and oxygen atoms in total. The van der Waals surface area contributed by atoms with Crippen LogP contribution in [0.15, 0.2) is 29.2 Å². The number of amides is 2. The Labute approximate surface area is 134 Å². The molecule has 0 spiro atoms. The van der Waals surface area contributed by atoms with Gasteiger partial charge in [-0.15, -0.1) is 11.8 Å². The first kappa shape index (κ1) is 15.4. The Balaban J connectivity index is 1.81. The number of hydrogen-bond donors (Lipinski definition) is 0. The van der Waals surface area contributed by atoms with Gasteiger partial charge in [0.1, 0.15) is 6.54 Å². The third-order valence-corrected chi connectivity index (χ3v) is 5.41. The Kier molecular flexibility index (Phi) is 4.69. The molecule has 0 N–H and O–H groups in total. The van der Waals surface area contributed by atoms with Crippen LogP contribution in [0.25, 0.3) is 0 Å². The number of carbonyl (C=O) groups excluding carboxylic acids is 2. The van der Waals surface area contributed by atoms with E-state index in [0.29, 0.717) is 26.3 Å². The van der Waals surface area contributed by atoms with Crippen LogP contribution in [0, 0.1) is 0 Å². The summed E-state index contributed by atoms with van der Waals surface area (Å²) in [6.07, 6.45) is 0.764. The average Bonchev–Trinajstić information content (AvgIpc) is 2.57. The number of fused-ring (bicyclic) bond motifs is 1. The fourth-order valence-corrected chi connectivity index (χ4v) is 3.90. The predicted molar refractivity (Wildman–Crippen MR) is 86.1 cm³/mol. The fraction of sp³-hybridized carbons (Fsp3) is 0.500. The highest BCUT2D eigenvalue weighted by molar-refractivity contribution is 8.01. The molecule has 2 aliphatic rings. The molecule has 118 valence electrons. The van der Waals surface area contributed by atoms with Crippen LogP contribution in [0.4, 0.5) is 5.69 Å². The number of thioether (sulfide) groups is 1. The SMILES string of the molecule is CCC1Sc2ccccc2N(CC(=O)N2CCOCC2)C1=O. The lowest BCUT2D eigenvalue weighted by molar-refractivity contribution is -0.135. The fourth-order valence-electron chi connectivity index (χ4n) is 2.75. The number of anilines is 1. The summed E-state index contributed by atoms with van der Waals surface area (Å²) >= 11 is 1.60. The largest absolute Gasteiger partial charge is 0.378 e. The minimum Gasteiger partial charge on any atom is -0.378 e. The molecular weight excluding hydrogens is 300 g/mol. The maximum atomic E-state index is 12.6. The Morgan fingerprint density at radius 3 is 2.77 bits per heavy atom. The van der Waals surface area contributed by atoms with E-state index >= 15 is 0 Å². The first-order valence-corrected chi connectivity index (χ1v) is 8.51. The molecule has 1 unspecified atom stereocenters. The summed E-state index contributed by atoms with van der Waals surface area (Å²) in [4.78, 5) is 29.6. The predicted octanol–water partition coefficient (Wildman–Crippen LogP) is 1.76. The summed E-state index contributed by atoms with van der Waals surface area (Å²) in [7, 11) is 0. The molecule has 1 saturated heterocycles. The van der Waals surface area contributed by atoms with Crippen molar-refractivity contribution >= 4 is 29.3 Å². The lowest BCUT2D eigenvalue weighted by Crippen LogP contribution is -2.50. The molecule has 2 amide bonds. The molecule has 6 heteroatoms. The summed E-state index contributed by atoms with van der Waals surface area (Å²) in [5.74, 6) is 0.0287. The van der Waals surface area contributed by atoms with Crippen LogP contribution >= 0.6 is 11.8 Å². The van der Waals surface area contributed by atoms with Gasteiger partial charge in [0.15, 0.2) is 0 Å². The van der Waals surface area contributed by atoms with Gasteiger partial charge in [-0.3, -0.25) is 9.59 Å². The van der Waals surface area contributed by atoms with Crippen LogP contribution in [0.5, 0.6) is 0 Å². The van der Waals surface area contributed by atoms with Gasteiger partial charge in [-0.25, -0.2) is 0 Å². The summed E-state index contributed by atoms with van der Waals surface area (Å²) < 4.78 is 5.27. The van der Waals surface area contributed by atoms with Crippen molar-refractivity contribution in [3.63, 3.8) is 0 Å². The van der Waals surface area contributed by atoms with Gasteiger partial charge in [0.25, 0.3) is 0 Å². The molecule has 0 radical (unpaired) electrons. The summed E-state index contributed by atoms with van der Waals surface area (Å²) in [6, 6.07) is 7.81. The van der Waals surface area contributed by atoms with E-state index in [-0.39, 0.29) is 23.6 Å². The molecule has 1 fully saturated rings. The average molecular weight is 320 g/mol. The van der Waals surface area contributed by atoms with Crippen LogP contribution < -0.4 is 4.90 Å². The van der Waals surface area contributed by atoms with E-state index in [0.717, 1.165) is 17.0 Å². The Hall–Kier alpha value is -1.53. The van der Waals surface area contributed by atoms with E-state index < -0.39 is 0 Å². The van der Waals surface area contributed by atoms with Crippen molar-refractivity contribution in [3.8, 4) is 0 Å². The molecule has 2 aliphatic heterocycles. The van der Waals surface area contributed by atoms with Crippen molar-refractivity contribution in [2.24, 2.45) is 0 Å². The zero-order valence-electron chi connectivity index (χ0n) is 12.7. The van der Waals surface area contributed by atoms with E-state index in [2.05, 4.69) is 0 Å². The zero-order chi connectivity index (χ0) is 15.5. The number of benzene rings is 1. The molecule has 0 bridgehead atoms. The maximum Gasteiger partial charge on any atom is 0.242 e. The highest BCUT2D eigenvalue weighted by Crippen LogP contribution is 2.39. The Bertz CT molecular complexity index is 572. The molecule has 3 rings (SSSR count). The van der Waals surface area contributed by atoms with E-state index in [1.54, 1.807) is 21.6 Å². The van der Waals surface area contributed by atoms with Gasteiger partial charge in [0.2, 0.25) is 11.8 Å².